The summed E-state index contributed by atoms with van der Waals surface area (Å²) in [4.78, 5) is 0. The van der Waals surface area contributed by atoms with E-state index in [0.29, 0.717) is 11.4 Å². The lowest BCUT2D eigenvalue weighted by Gasteiger charge is -2.00. The fraction of sp³-hybridized carbons (Fsp3) is 0.154. The Morgan fingerprint density at radius 1 is 1.22 bits per heavy atom. The first kappa shape index (κ1) is 15.5. The van der Waals surface area contributed by atoms with E-state index in [-0.39, 0.29) is 16.9 Å². The number of nitrogens with one attached hydrogen (secondary N) is 1. The van der Waals surface area contributed by atoms with Gasteiger partial charge < -0.3 is 4.42 Å². The van der Waals surface area contributed by atoms with E-state index in [9.17, 15) is 8.42 Å². The molecular weight excluding hydrogens is 342 g/mol. The fourth-order valence-corrected chi connectivity index (χ4v) is 2.87. The Bertz CT molecular complexity index is 917. The van der Waals surface area contributed by atoms with E-state index in [1.165, 1.54) is 16.9 Å². The molecule has 0 atom stereocenters. The van der Waals surface area contributed by atoms with E-state index in [1.54, 1.807) is 19.2 Å². The molecule has 8 nitrogen and oxygen atoms in total. The van der Waals surface area contributed by atoms with Gasteiger partial charge in [-0.2, -0.15) is 13.5 Å². The maximum absolute atomic E-state index is 12.1. The molecule has 3 rings (SSSR count). The van der Waals surface area contributed by atoms with Crippen molar-refractivity contribution in [2.45, 2.75) is 11.4 Å². The molecule has 0 aliphatic rings. The Kier molecular flexibility index (Phi) is 4.05. The Hall–Kier alpha value is -2.39. The van der Waals surface area contributed by atoms with Crippen LogP contribution in [0.15, 0.2) is 46.0 Å². The molecule has 2 aromatic heterocycles. The molecule has 0 saturated carbocycles. The van der Waals surface area contributed by atoms with Gasteiger partial charge in [0, 0.05) is 18.3 Å². The number of aryl methyl sites for hydroxylation is 1. The summed E-state index contributed by atoms with van der Waals surface area (Å²) in [5.41, 5.74) is 0.914. The Morgan fingerprint density at radius 3 is 2.61 bits per heavy atom. The Morgan fingerprint density at radius 2 is 1.96 bits per heavy atom. The largest absolute Gasteiger partial charge is 0.407 e. The zero-order valence-corrected chi connectivity index (χ0v) is 13.5. The second-order valence-corrected chi connectivity index (χ2v) is 6.80. The topological polar surface area (TPSA) is 103 Å². The van der Waals surface area contributed by atoms with Crippen molar-refractivity contribution >= 4 is 27.6 Å². The number of halogens is 1. The van der Waals surface area contributed by atoms with E-state index < -0.39 is 10.0 Å². The molecule has 23 heavy (non-hydrogen) atoms. The Labute approximate surface area is 137 Å². The van der Waals surface area contributed by atoms with Gasteiger partial charge in [0.2, 0.25) is 5.89 Å². The van der Waals surface area contributed by atoms with Crippen molar-refractivity contribution in [3.63, 3.8) is 0 Å². The number of rotatable bonds is 5. The van der Waals surface area contributed by atoms with Crippen LogP contribution in [0.2, 0.25) is 5.02 Å². The molecule has 3 aromatic rings. The predicted octanol–water partition coefficient (Wildman–Crippen LogP) is 1.85. The Balaban J connectivity index is 1.73. The van der Waals surface area contributed by atoms with Crippen LogP contribution >= 0.6 is 11.6 Å². The van der Waals surface area contributed by atoms with Gasteiger partial charge >= 0.3 is 6.01 Å². The highest BCUT2D eigenvalue weighted by molar-refractivity contribution is 7.92. The molecule has 120 valence electrons. The van der Waals surface area contributed by atoms with E-state index in [1.807, 2.05) is 12.1 Å². The number of hydrogen-bond donors (Lipinski definition) is 1. The van der Waals surface area contributed by atoms with Crippen molar-refractivity contribution < 1.29 is 12.8 Å². The maximum atomic E-state index is 12.1. The van der Waals surface area contributed by atoms with Gasteiger partial charge in [-0.25, -0.2) is 4.72 Å². The van der Waals surface area contributed by atoms with E-state index in [2.05, 4.69) is 20.0 Å². The molecule has 10 heteroatoms. The van der Waals surface area contributed by atoms with Crippen LogP contribution in [0.1, 0.15) is 11.5 Å². The highest BCUT2D eigenvalue weighted by Gasteiger charge is 2.20. The van der Waals surface area contributed by atoms with E-state index >= 15 is 0 Å². The standard InChI is InChI=1S/C13H12ClN5O3S/c1-19-7-6-12(17-19)23(20,21)18-13-16-15-11(22-13)8-9-2-4-10(14)5-3-9/h2-7H,8H2,1H3,(H,16,18). The fourth-order valence-electron chi connectivity index (χ4n) is 1.85. The molecular formula is C13H12ClN5O3S. The van der Waals surface area contributed by atoms with Gasteiger partial charge in [0.15, 0.2) is 5.03 Å². The molecule has 0 amide bonds. The molecule has 0 fully saturated rings. The van der Waals surface area contributed by atoms with Gasteiger partial charge in [-0.15, -0.1) is 5.10 Å². The monoisotopic (exact) mass is 353 g/mol. The number of sulfonamides is 1. The molecule has 0 bridgehead atoms. The number of anilines is 1. The van der Waals surface area contributed by atoms with Gasteiger partial charge in [-0.3, -0.25) is 4.68 Å². The zero-order valence-electron chi connectivity index (χ0n) is 12.0. The first-order valence-electron chi connectivity index (χ1n) is 6.52. The minimum absolute atomic E-state index is 0.127. The van der Waals surface area contributed by atoms with E-state index in [0.717, 1.165) is 5.56 Å². The first-order valence-corrected chi connectivity index (χ1v) is 8.38. The molecule has 0 aliphatic heterocycles. The van der Waals surface area contributed by atoms with Crippen molar-refractivity contribution in [3.8, 4) is 0 Å². The van der Waals surface area contributed by atoms with Crippen LogP contribution < -0.4 is 4.72 Å². The molecule has 0 spiro atoms. The molecule has 0 unspecified atom stereocenters. The van der Waals surface area contributed by atoms with Gasteiger partial charge in [0.05, 0.1) is 6.42 Å². The van der Waals surface area contributed by atoms with Crippen molar-refractivity contribution in [2.24, 2.45) is 7.05 Å². The zero-order chi connectivity index (χ0) is 16.4. The smallest absolute Gasteiger partial charge is 0.329 e. The highest BCUT2D eigenvalue weighted by atomic mass is 35.5. The van der Waals surface area contributed by atoms with Crippen LogP contribution in [-0.2, 0) is 23.5 Å². The van der Waals surface area contributed by atoms with Crippen LogP contribution in [0.5, 0.6) is 0 Å². The van der Waals surface area contributed by atoms with Gasteiger partial charge in [0.25, 0.3) is 10.0 Å². The molecule has 2 heterocycles. The van der Waals surface area contributed by atoms with Crippen molar-refractivity contribution in [3.05, 3.63) is 53.0 Å². The lowest BCUT2D eigenvalue weighted by Crippen LogP contribution is -2.14. The molecule has 0 aliphatic carbocycles. The van der Waals surface area contributed by atoms with Crippen LogP contribution in [0.3, 0.4) is 0 Å². The van der Waals surface area contributed by atoms with Gasteiger partial charge in [-0.1, -0.05) is 28.8 Å². The quantitative estimate of drug-likeness (QED) is 0.750. The van der Waals surface area contributed by atoms with Crippen LogP contribution in [0.4, 0.5) is 6.01 Å². The van der Waals surface area contributed by atoms with E-state index in [4.69, 9.17) is 16.0 Å². The molecule has 0 saturated heterocycles. The summed E-state index contributed by atoms with van der Waals surface area (Å²) < 4.78 is 33.1. The second-order valence-electron chi connectivity index (χ2n) is 4.74. The van der Waals surface area contributed by atoms with Gasteiger partial charge in [-0.05, 0) is 23.8 Å². The SMILES string of the molecule is Cn1ccc(S(=O)(=O)Nc2nnc(Cc3ccc(Cl)cc3)o2)n1. The lowest BCUT2D eigenvalue weighted by atomic mass is 10.1. The van der Waals surface area contributed by atoms with Gasteiger partial charge in [0.1, 0.15) is 0 Å². The minimum Gasteiger partial charge on any atom is -0.407 e. The van der Waals surface area contributed by atoms with Crippen LogP contribution in [-0.4, -0.2) is 28.4 Å². The predicted molar refractivity (Wildman–Crippen MR) is 82.6 cm³/mol. The summed E-state index contributed by atoms with van der Waals surface area (Å²) in [6.45, 7) is 0. The summed E-state index contributed by atoms with van der Waals surface area (Å²) in [5.74, 6) is 0.283. The maximum Gasteiger partial charge on any atom is 0.329 e. The third-order valence-corrected chi connectivity index (χ3v) is 4.39. The normalized spacial score (nSPS) is 11.6. The average Bonchev–Trinajstić information content (AvgIpc) is 3.11. The average molecular weight is 354 g/mol. The number of nitrogens with zero attached hydrogens (tertiary/aromatic N) is 4. The summed E-state index contributed by atoms with van der Waals surface area (Å²) in [6, 6.07) is 8.30. The first-order chi connectivity index (χ1) is 10.9. The summed E-state index contributed by atoms with van der Waals surface area (Å²) >= 11 is 5.82. The number of benzene rings is 1. The van der Waals surface area contributed by atoms with Crippen LogP contribution in [0.25, 0.3) is 0 Å². The third-order valence-electron chi connectivity index (χ3n) is 2.92. The van der Waals surface area contributed by atoms with Crippen molar-refractivity contribution in [1.29, 1.82) is 0 Å². The molecule has 1 aromatic carbocycles. The third kappa shape index (κ3) is 3.69. The van der Waals surface area contributed by atoms with Crippen LogP contribution in [0, 0.1) is 0 Å². The van der Waals surface area contributed by atoms with Crippen molar-refractivity contribution in [1.82, 2.24) is 20.0 Å². The molecule has 0 radical (unpaired) electrons. The number of hydrogen-bond acceptors (Lipinski definition) is 6. The minimum atomic E-state index is -3.85. The highest BCUT2D eigenvalue weighted by Crippen LogP contribution is 2.16. The second kappa shape index (κ2) is 6.01. The summed E-state index contributed by atoms with van der Waals surface area (Å²) in [5, 5.41) is 11.8. The summed E-state index contributed by atoms with van der Waals surface area (Å²) in [7, 11) is -2.23. The van der Waals surface area contributed by atoms with Crippen molar-refractivity contribution in [2.75, 3.05) is 4.72 Å². The lowest BCUT2D eigenvalue weighted by molar-refractivity contribution is 0.519. The summed E-state index contributed by atoms with van der Waals surface area (Å²) in [6.07, 6.45) is 1.89. The molecule has 1 N–H and O–H groups in total. The number of aromatic nitrogens is 4.